The molecule has 0 fully saturated rings. The van der Waals surface area contributed by atoms with Crippen molar-refractivity contribution in [3.63, 3.8) is 0 Å². The third-order valence-electron chi connectivity index (χ3n) is 4.46. The monoisotopic (exact) mass is 332 g/mol. The lowest BCUT2D eigenvalue weighted by atomic mass is 10.0. The standard InChI is InChI=1S/C22H24OSi/c1-17(23)16-20-14-8-9-15-21(20)24-22(18-10-4-2-5-11-18)19-12-6-3-7-13-19/h2-15,17,22-23H,16,24H2,1H3. The molecule has 0 aliphatic heterocycles. The van der Waals surface area contributed by atoms with Crippen molar-refractivity contribution in [3.05, 3.63) is 102 Å². The van der Waals surface area contributed by atoms with Crippen molar-refractivity contribution in [2.75, 3.05) is 0 Å². The van der Waals surface area contributed by atoms with E-state index in [0.29, 0.717) is 5.54 Å². The molecular formula is C22H24OSi. The third-order valence-corrected chi connectivity index (χ3v) is 6.94. The second kappa shape index (κ2) is 8.09. The van der Waals surface area contributed by atoms with E-state index in [0.717, 1.165) is 6.42 Å². The molecule has 0 saturated heterocycles. The number of aliphatic hydroxyl groups is 1. The quantitative estimate of drug-likeness (QED) is 0.687. The van der Waals surface area contributed by atoms with Gasteiger partial charge in [0, 0.05) is 5.54 Å². The minimum Gasteiger partial charge on any atom is -0.393 e. The van der Waals surface area contributed by atoms with Crippen LogP contribution in [0, 0.1) is 0 Å². The Bertz CT molecular complexity index is 714. The van der Waals surface area contributed by atoms with Crippen molar-refractivity contribution >= 4 is 14.7 Å². The summed E-state index contributed by atoms with van der Waals surface area (Å²) < 4.78 is 0. The molecule has 0 aromatic heterocycles. The molecule has 1 atom stereocenters. The Morgan fingerprint density at radius 2 is 1.25 bits per heavy atom. The summed E-state index contributed by atoms with van der Waals surface area (Å²) in [6.45, 7) is 1.87. The van der Waals surface area contributed by atoms with Gasteiger partial charge in [-0.3, -0.25) is 0 Å². The van der Waals surface area contributed by atoms with Gasteiger partial charge in [0.05, 0.1) is 15.6 Å². The molecule has 0 bridgehead atoms. The van der Waals surface area contributed by atoms with Crippen LogP contribution in [-0.4, -0.2) is 20.7 Å². The molecule has 3 aromatic carbocycles. The predicted octanol–water partition coefficient (Wildman–Crippen LogP) is 3.19. The summed E-state index contributed by atoms with van der Waals surface area (Å²) in [5.74, 6) is 0. The van der Waals surface area contributed by atoms with E-state index in [2.05, 4.69) is 84.9 Å². The summed E-state index contributed by atoms with van der Waals surface area (Å²) in [6, 6.07) is 30.2. The largest absolute Gasteiger partial charge is 0.393 e. The highest BCUT2D eigenvalue weighted by Gasteiger charge is 2.17. The van der Waals surface area contributed by atoms with E-state index in [1.165, 1.54) is 21.9 Å². The zero-order valence-corrected chi connectivity index (χ0v) is 15.5. The van der Waals surface area contributed by atoms with E-state index >= 15 is 0 Å². The molecule has 0 spiro atoms. The lowest BCUT2D eigenvalue weighted by molar-refractivity contribution is 0.196. The van der Waals surface area contributed by atoms with Crippen molar-refractivity contribution in [1.82, 2.24) is 0 Å². The summed E-state index contributed by atoms with van der Waals surface area (Å²) in [6.07, 6.45) is 0.437. The molecule has 0 saturated carbocycles. The van der Waals surface area contributed by atoms with Crippen LogP contribution >= 0.6 is 0 Å². The fraction of sp³-hybridized carbons (Fsp3) is 0.182. The molecule has 3 rings (SSSR count). The first-order chi connectivity index (χ1) is 11.7. The van der Waals surface area contributed by atoms with Crippen LogP contribution in [0.15, 0.2) is 84.9 Å². The van der Waals surface area contributed by atoms with Crippen LogP contribution in [0.3, 0.4) is 0 Å². The zero-order valence-electron chi connectivity index (χ0n) is 14.1. The van der Waals surface area contributed by atoms with E-state index in [4.69, 9.17) is 0 Å². The lowest BCUT2D eigenvalue weighted by Crippen LogP contribution is -2.27. The summed E-state index contributed by atoms with van der Waals surface area (Å²) in [4.78, 5) is 0. The molecule has 1 unspecified atom stereocenters. The molecule has 0 aliphatic rings. The van der Waals surface area contributed by atoms with Crippen LogP contribution < -0.4 is 5.19 Å². The SMILES string of the molecule is CC(O)Cc1ccccc1[SiH2]C(c1ccccc1)c1ccccc1. The number of benzene rings is 3. The van der Waals surface area contributed by atoms with E-state index in [1.54, 1.807) is 0 Å². The molecule has 24 heavy (non-hydrogen) atoms. The maximum absolute atomic E-state index is 9.81. The molecule has 1 nitrogen and oxygen atoms in total. The highest BCUT2D eigenvalue weighted by atomic mass is 28.2. The van der Waals surface area contributed by atoms with Gasteiger partial charge < -0.3 is 5.11 Å². The zero-order chi connectivity index (χ0) is 16.8. The van der Waals surface area contributed by atoms with Gasteiger partial charge in [-0.1, -0.05) is 90.1 Å². The predicted molar refractivity (Wildman–Crippen MR) is 105 cm³/mol. The minimum absolute atomic E-state index is 0.299. The average Bonchev–Trinajstić information content (AvgIpc) is 2.62. The van der Waals surface area contributed by atoms with Gasteiger partial charge in [-0.2, -0.15) is 0 Å². The van der Waals surface area contributed by atoms with Crippen LogP contribution in [0.5, 0.6) is 0 Å². The van der Waals surface area contributed by atoms with E-state index in [-0.39, 0.29) is 6.10 Å². The molecule has 0 aliphatic carbocycles. The Hall–Kier alpha value is -2.16. The first kappa shape index (κ1) is 16.7. The van der Waals surface area contributed by atoms with Gasteiger partial charge in [-0.05, 0) is 30.0 Å². The van der Waals surface area contributed by atoms with Crippen LogP contribution in [-0.2, 0) is 6.42 Å². The van der Waals surface area contributed by atoms with Gasteiger partial charge in [0.2, 0.25) is 0 Å². The normalized spacial score (nSPS) is 12.8. The van der Waals surface area contributed by atoms with Crippen molar-refractivity contribution in [2.45, 2.75) is 25.0 Å². The van der Waals surface area contributed by atoms with E-state index in [1.807, 2.05) is 6.92 Å². The van der Waals surface area contributed by atoms with Gasteiger partial charge in [-0.15, -0.1) is 0 Å². The maximum Gasteiger partial charge on any atom is 0.0682 e. The Labute approximate surface area is 146 Å². The summed E-state index contributed by atoms with van der Waals surface area (Å²) >= 11 is 0. The molecular weight excluding hydrogens is 308 g/mol. The highest BCUT2D eigenvalue weighted by Crippen LogP contribution is 2.23. The van der Waals surface area contributed by atoms with Crippen LogP contribution in [0.2, 0.25) is 0 Å². The molecule has 2 heteroatoms. The van der Waals surface area contributed by atoms with Gasteiger partial charge in [0.25, 0.3) is 0 Å². The number of aliphatic hydroxyl groups excluding tert-OH is 1. The molecule has 122 valence electrons. The fourth-order valence-corrected chi connectivity index (χ4v) is 5.54. The van der Waals surface area contributed by atoms with E-state index < -0.39 is 9.52 Å². The fourth-order valence-electron chi connectivity index (χ4n) is 3.29. The average molecular weight is 333 g/mol. The van der Waals surface area contributed by atoms with Gasteiger partial charge in [0.1, 0.15) is 0 Å². The van der Waals surface area contributed by atoms with Crippen molar-refractivity contribution in [1.29, 1.82) is 0 Å². The second-order valence-electron chi connectivity index (χ2n) is 6.40. The van der Waals surface area contributed by atoms with Crippen molar-refractivity contribution in [2.24, 2.45) is 0 Å². The lowest BCUT2D eigenvalue weighted by Gasteiger charge is -2.20. The van der Waals surface area contributed by atoms with Crippen LogP contribution in [0.4, 0.5) is 0 Å². The topological polar surface area (TPSA) is 20.2 Å². The summed E-state index contributed by atoms with van der Waals surface area (Å²) in [7, 11) is -0.577. The van der Waals surface area contributed by atoms with Gasteiger partial charge in [-0.25, -0.2) is 0 Å². The minimum atomic E-state index is -0.577. The Balaban J connectivity index is 1.97. The second-order valence-corrected chi connectivity index (χ2v) is 8.39. The Morgan fingerprint density at radius 3 is 1.79 bits per heavy atom. The molecule has 0 amide bonds. The molecule has 0 heterocycles. The maximum atomic E-state index is 9.81. The van der Waals surface area contributed by atoms with Crippen molar-refractivity contribution < 1.29 is 5.11 Å². The van der Waals surface area contributed by atoms with Crippen LogP contribution in [0.25, 0.3) is 0 Å². The van der Waals surface area contributed by atoms with Crippen molar-refractivity contribution in [3.8, 4) is 0 Å². The number of rotatable bonds is 6. The summed E-state index contributed by atoms with van der Waals surface area (Å²) in [5, 5.41) is 11.3. The number of hydrogen-bond acceptors (Lipinski definition) is 1. The van der Waals surface area contributed by atoms with Gasteiger partial charge in [0.15, 0.2) is 0 Å². The Kier molecular flexibility index (Phi) is 5.62. The number of hydrogen-bond donors (Lipinski definition) is 1. The summed E-state index contributed by atoms with van der Waals surface area (Å²) in [5.41, 5.74) is 4.54. The van der Waals surface area contributed by atoms with Crippen LogP contribution in [0.1, 0.15) is 29.2 Å². The molecule has 0 radical (unpaired) electrons. The highest BCUT2D eigenvalue weighted by molar-refractivity contribution is 6.56. The third kappa shape index (κ3) is 4.22. The van der Waals surface area contributed by atoms with E-state index in [9.17, 15) is 5.11 Å². The van der Waals surface area contributed by atoms with Gasteiger partial charge >= 0.3 is 0 Å². The molecule has 3 aromatic rings. The molecule has 1 N–H and O–H groups in total. The Morgan fingerprint density at radius 1 is 0.750 bits per heavy atom. The first-order valence-electron chi connectivity index (χ1n) is 8.59. The smallest absolute Gasteiger partial charge is 0.0682 e. The first-order valence-corrected chi connectivity index (χ1v) is 10.1.